The van der Waals surface area contributed by atoms with Crippen molar-refractivity contribution < 1.29 is 22.7 Å². The Morgan fingerprint density at radius 2 is 1.77 bits per heavy atom. The van der Waals surface area contributed by atoms with Gasteiger partial charge in [0.25, 0.3) is 5.91 Å². The number of primary amides is 1. The summed E-state index contributed by atoms with van der Waals surface area (Å²) in [6.07, 6.45) is 5.15. The van der Waals surface area contributed by atoms with E-state index in [2.05, 4.69) is 10.0 Å². The number of benzene rings is 2. The molecule has 154 valence electrons. The monoisotopic (exact) mass is 439 g/mol. The summed E-state index contributed by atoms with van der Waals surface area (Å²) >= 11 is 0. The van der Waals surface area contributed by atoms with E-state index in [1.54, 1.807) is 24.3 Å². The van der Waals surface area contributed by atoms with Gasteiger partial charge in [-0.1, -0.05) is 24.3 Å². The molecule has 30 heavy (non-hydrogen) atoms. The third-order valence-corrected chi connectivity index (χ3v) is 4.85. The minimum absolute atomic E-state index is 0. The number of amides is 1. The number of carbonyl (C=O) groups excluding carboxylic acids is 2. The number of allylic oxidation sites excluding steroid dienone is 1. The van der Waals surface area contributed by atoms with Gasteiger partial charge in [0.05, 0.1) is 11.4 Å². The Morgan fingerprint density at radius 1 is 1.03 bits per heavy atom. The van der Waals surface area contributed by atoms with Crippen molar-refractivity contribution in [1.29, 1.82) is 0 Å². The normalized spacial score (nSPS) is 13.0. The van der Waals surface area contributed by atoms with Gasteiger partial charge in [0.15, 0.2) is 0 Å². The number of carbonyl (C=O) groups is 2. The molecule has 4 N–H and O–H groups in total. The van der Waals surface area contributed by atoms with Gasteiger partial charge in [-0.25, -0.2) is 13.2 Å². The van der Waals surface area contributed by atoms with E-state index < -0.39 is 22.8 Å². The molecule has 1 aliphatic carbocycles. The standard InChI is InChI=1S/C20H21N3O5S.Na.H/c21-19(24)17-16(28-20(25)13-7-3-1-4-8-13)12-11-15(23-29(26)27)18(17)22-14-9-5-2-6-10-14;;/h2,5-7,9-12,22,29H,1,3-4,8H2,(H2,21,24)(H,23,26,27);;. The molecule has 0 saturated heterocycles. The van der Waals surface area contributed by atoms with Gasteiger partial charge in [-0.2, -0.15) is 0 Å². The third kappa shape index (κ3) is 6.09. The van der Waals surface area contributed by atoms with E-state index in [-0.39, 0.29) is 52.2 Å². The fourth-order valence-corrected chi connectivity index (χ4v) is 3.47. The molecule has 0 unspecified atom stereocenters. The fraction of sp³-hybridized carbons (Fsp3) is 0.200. The number of para-hydroxylation sites is 1. The number of nitrogens with two attached hydrogens (primary N) is 1. The van der Waals surface area contributed by atoms with Crippen LogP contribution in [0, 0.1) is 0 Å². The Balaban J connectivity index is 0.00000320. The molecule has 0 spiro atoms. The molecule has 1 aliphatic rings. The molecule has 2 aromatic carbocycles. The van der Waals surface area contributed by atoms with Crippen molar-refractivity contribution in [2.24, 2.45) is 5.73 Å². The van der Waals surface area contributed by atoms with Crippen LogP contribution in [0.25, 0.3) is 0 Å². The minimum atomic E-state index is -2.99. The van der Waals surface area contributed by atoms with Crippen molar-refractivity contribution in [3.8, 4) is 5.75 Å². The Hall–Kier alpha value is -2.33. The summed E-state index contributed by atoms with van der Waals surface area (Å²) in [6.45, 7) is 0. The molecular formula is C20H22N3NaO5S. The van der Waals surface area contributed by atoms with Crippen LogP contribution in [0.5, 0.6) is 5.75 Å². The summed E-state index contributed by atoms with van der Waals surface area (Å²) in [7, 11) is -2.99. The SMILES string of the molecule is NC(=O)c1c(OC(=O)C2=CCCCC2)ccc(N[SH](=O)=O)c1Nc1ccccc1.[NaH]. The van der Waals surface area contributed by atoms with Crippen LogP contribution in [0.3, 0.4) is 0 Å². The van der Waals surface area contributed by atoms with Crippen LogP contribution in [0.2, 0.25) is 0 Å². The number of rotatable bonds is 7. The van der Waals surface area contributed by atoms with Crippen LogP contribution in [-0.2, 0) is 15.7 Å². The average Bonchev–Trinajstić information content (AvgIpc) is 2.70. The van der Waals surface area contributed by atoms with E-state index in [1.165, 1.54) is 12.1 Å². The second-order valence-corrected chi connectivity index (χ2v) is 7.19. The van der Waals surface area contributed by atoms with E-state index in [1.807, 2.05) is 12.1 Å². The second kappa shape index (κ2) is 11.2. The quantitative estimate of drug-likeness (QED) is 0.227. The van der Waals surface area contributed by atoms with E-state index in [0.29, 0.717) is 17.7 Å². The topological polar surface area (TPSA) is 128 Å². The van der Waals surface area contributed by atoms with Crippen molar-refractivity contribution in [3.63, 3.8) is 0 Å². The zero-order valence-corrected chi connectivity index (χ0v) is 16.4. The summed E-state index contributed by atoms with van der Waals surface area (Å²) in [4.78, 5) is 24.7. The molecular weight excluding hydrogens is 417 g/mol. The molecule has 0 saturated carbocycles. The molecule has 0 atom stereocenters. The number of anilines is 3. The Labute approximate surface area is 198 Å². The molecule has 0 fully saturated rings. The van der Waals surface area contributed by atoms with Crippen LogP contribution in [0.1, 0.15) is 36.0 Å². The zero-order chi connectivity index (χ0) is 20.8. The fourth-order valence-electron chi connectivity index (χ4n) is 3.09. The van der Waals surface area contributed by atoms with Gasteiger partial charge in [-0.05, 0) is 49.9 Å². The number of esters is 1. The van der Waals surface area contributed by atoms with E-state index in [4.69, 9.17) is 10.5 Å². The first-order valence-corrected chi connectivity index (χ1v) is 10.2. The molecule has 1 amide bonds. The molecule has 0 aromatic heterocycles. The second-order valence-electron chi connectivity index (χ2n) is 6.45. The maximum absolute atomic E-state index is 12.5. The number of thiol groups is 1. The van der Waals surface area contributed by atoms with Crippen molar-refractivity contribution in [2.75, 3.05) is 10.0 Å². The summed E-state index contributed by atoms with van der Waals surface area (Å²) in [6, 6.07) is 11.6. The van der Waals surface area contributed by atoms with E-state index in [0.717, 1.165) is 19.3 Å². The molecule has 0 aliphatic heterocycles. The molecule has 0 heterocycles. The summed E-state index contributed by atoms with van der Waals surface area (Å²) < 4.78 is 30.1. The van der Waals surface area contributed by atoms with Crippen LogP contribution in [0.15, 0.2) is 54.1 Å². The third-order valence-electron chi connectivity index (χ3n) is 4.42. The summed E-state index contributed by atoms with van der Waals surface area (Å²) in [5.41, 5.74) is 6.79. The van der Waals surface area contributed by atoms with Gasteiger partial charge < -0.3 is 15.8 Å². The number of hydrogen-bond acceptors (Lipinski definition) is 6. The number of nitrogens with one attached hydrogen (secondary N) is 2. The number of ether oxygens (including phenoxy) is 1. The van der Waals surface area contributed by atoms with Crippen molar-refractivity contribution >= 4 is 69.4 Å². The molecule has 10 heteroatoms. The Bertz CT molecular complexity index is 1030. The van der Waals surface area contributed by atoms with Gasteiger partial charge in [0, 0.05) is 11.3 Å². The molecule has 0 bridgehead atoms. The molecule has 3 rings (SSSR count). The van der Waals surface area contributed by atoms with Gasteiger partial charge >= 0.3 is 35.5 Å². The van der Waals surface area contributed by atoms with Gasteiger partial charge in [0.2, 0.25) is 10.9 Å². The van der Waals surface area contributed by atoms with Gasteiger partial charge in [-0.15, -0.1) is 0 Å². The Kier molecular flexibility index (Phi) is 8.91. The summed E-state index contributed by atoms with van der Waals surface area (Å²) in [5.74, 6) is -1.46. The predicted molar refractivity (Wildman–Crippen MR) is 118 cm³/mol. The van der Waals surface area contributed by atoms with Gasteiger partial charge in [-0.3, -0.25) is 9.52 Å². The first-order valence-electron chi connectivity index (χ1n) is 9.07. The van der Waals surface area contributed by atoms with E-state index in [9.17, 15) is 18.0 Å². The molecule has 0 radical (unpaired) electrons. The molecule has 8 nitrogen and oxygen atoms in total. The molecule has 2 aromatic rings. The Morgan fingerprint density at radius 3 is 2.37 bits per heavy atom. The number of hydrogen-bond donors (Lipinski definition) is 4. The average molecular weight is 439 g/mol. The van der Waals surface area contributed by atoms with Crippen molar-refractivity contribution in [3.05, 3.63) is 59.7 Å². The van der Waals surface area contributed by atoms with E-state index >= 15 is 0 Å². The first-order chi connectivity index (χ1) is 14.0. The van der Waals surface area contributed by atoms with Crippen molar-refractivity contribution in [1.82, 2.24) is 0 Å². The first kappa shape index (κ1) is 23.9. The summed E-state index contributed by atoms with van der Waals surface area (Å²) in [5, 5.41) is 2.98. The van der Waals surface area contributed by atoms with Crippen LogP contribution in [0.4, 0.5) is 17.1 Å². The van der Waals surface area contributed by atoms with Gasteiger partial charge in [0.1, 0.15) is 11.3 Å². The van der Waals surface area contributed by atoms with Crippen LogP contribution < -0.4 is 20.5 Å². The van der Waals surface area contributed by atoms with Crippen LogP contribution in [-0.4, -0.2) is 49.9 Å². The zero-order valence-electron chi connectivity index (χ0n) is 15.5. The predicted octanol–water partition coefficient (Wildman–Crippen LogP) is 2.22. The van der Waals surface area contributed by atoms with Crippen molar-refractivity contribution in [2.45, 2.75) is 25.7 Å². The maximum atomic E-state index is 12.5. The van der Waals surface area contributed by atoms with Crippen LogP contribution >= 0.6 is 0 Å².